The van der Waals surface area contributed by atoms with Crippen molar-refractivity contribution >= 4 is 11.7 Å². The predicted octanol–water partition coefficient (Wildman–Crippen LogP) is 1.44. The van der Waals surface area contributed by atoms with Crippen molar-refractivity contribution in [2.45, 2.75) is 13.0 Å². The van der Waals surface area contributed by atoms with E-state index in [1.165, 1.54) is 20.1 Å². The summed E-state index contributed by atoms with van der Waals surface area (Å²) >= 11 is 0. The van der Waals surface area contributed by atoms with E-state index in [0.29, 0.717) is 23.7 Å². The molecule has 1 aromatic carbocycles. The van der Waals surface area contributed by atoms with Gasteiger partial charge in [-0.3, -0.25) is 0 Å². The zero-order valence-corrected chi connectivity index (χ0v) is 13.1. The number of ether oxygens (including phenoxy) is 1. The third-order valence-electron chi connectivity index (χ3n) is 4.07. The van der Waals surface area contributed by atoms with Crippen molar-refractivity contribution in [1.29, 1.82) is 0 Å². The number of rotatable bonds is 5. The molecule has 1 aliphatic rings. The number of hydrogen-bond acceptors (Lipinski definition) is 5. The van der Waals surface area contributed by atoms with Gasteiger partial charge in [-0.1, -0.05) is 12.1 Å². The van der Waals surface area contributed by atoms with Crippen molar-refractivity contribution in [3.63, 3.8) is 0 Å². The molecular formula is C16H25N3O2. The van der Waals surface area contributed by atoms with Crippen LogP contribution in [-0.4, -0.2) is 56.6 Å². The summed E-state index contributed by atoms with van der Waals surface area (Å²) in [6.07, 6.45) is 1.24. The summed E-state index contributed by atoms with van der Waals surface area (Å²) in [7, 11) is 5.63. The highest BCUT2D eigenvalue weighted by molar-refractivity contribution is 5.96. The van der Waals surface area contributed by atoms with E-state index >= 15 is 0 Å². The number of anilines is 1. The number of carbonyl (C=O) groups is 1. The number of nitrogen functional groups attached to an aromatic ring is 1. The standard InChI is InChI=1S/C16H25N3O2/c1-18-8-7-12(9-18)10-19(2)11-13-5-4-6-14(17)15(13)16(20)21-3/h4-6,12H,7-11,17H2,1-3H3. The van der Waals surface area contributed by atoms with Crippen LogP contribution in [0.15, 0.2) is 18.2 Å². The lowest BCUT2D eigenvalue weighted by Crippen LogP contribution is -2.28. The maximum absolute atomic E-state index is 11.9. The number of nitrogens with zero attached hydrogens (tertiary/aromatic N) is 2. The van der Waals surface area contributed by atoms with Gasteiger partial charge < -0.3 is 20.3 Å². The van der Waals surface area contributed by atoms with E-state index in [-0.39, 0.29) is 5.97 Å². The van der Waals surface area contributed by atoms with E-state index in [9.17, 15) is 4.79 Å². The van der Waals surface area contributed by atoms with Gasteiger partial charge in [-0.15, -0.1) is 0 Å². The summed E-state index contributed by atoms with van der Waals surface area (Å²) in [6, 6.07) is 5.57. The van der Waals surface area contributed by atoms with Crippen molar-refractivity contribution in [2.75, 3.05) is 46.6 Å². The molecule has 0 radical (unpaired) electrons. The van der Waals surface area contributed by atoms with Crippen LogP contribution >= 0.6 is 0 Å². The quantitative estimate of drug-likeness (QED) is 0.657. The minimum atomic E-state index is -0.364. The first-order chi connectivity index (χ1) is 10.0. The molecule has 0 saturated carbocycles. The van der Waals surface area contributed by atoms with Crippen molar-refractivity contribution in [2.24, 2.45) is 5.92 Å². The molecule has 1 aromatic rings. The summed E-state index contributed by atoms with van der Waals surface area (Å²) in [5.41, 5.74) is 7.83. The van der Waals surface area contributed by atoms with Crippen LogP contribution in [0, 0.1) is 5.92 Å². The number of esters is 1. The highest BCUT2D eigenvalue weighted by Gasteiger charge is 2.22. The van der Waals surface area contributed by atoms with Crippen LogP contribution in [0.1, 0.15) is 22.3 Å². The first kappa shape index (κ1) is 15.8. The van der Waals surface area contributed by atoms with Gasteiger partial charge in [0.25, 0.3) is 0 Å². The Balaban J connectivity index is 2.05. The molecule has 0 bridgehead atoms. The molecule has 1 atom stereocenters. The molecule has 5 nitrogen and oxygen atoms in total. The molecule has 0 amide bonds. The first-order valence-electron chi connectivity index (χ1n) is 7.34. The summed E-state index contributed by atoms with van der Waals surface area (Å²) in [5, 5.41) is 0. The summed E-state index contributed by atoms with van der Waals surface area (Å²) in [4.78, 5) is 16.5. The fraction of sp³-hybridized carbons (Fsp3) is 0.562. The lowest BCUT2D eigenvalue weighted by atomic mass is 10.0. The van der Waals surface area contributed by atoms with Crippen LogP contribution in [0.25, 0.3) is 0 Å². The molecule has 1 unspecified atom stereocenters. The molecule has 0 aromatic heterocycles. The summed E-state index contributed by atoms with van der Waals surface area (Å²) < 4.78 is 4.84. The molecule has 0 aliphatic carbocycles. The van der Waals surface area contributed by atoms with Gasteiger partial charge in [-0.25, -0.2) is 4.79 Å². The molecule has 0 spiro atoms. The molecule has 2 N–H and O–H groups in total. The minimum Gasteiger partial charge on any atom is -0.465 e. The molecule has 1 heterocycles. The van der Waals surface area contributed by atoms with Gasteiger partial charge in [0.2, 0.25) is 0 Å². The number of benzene rings is 1. The fourth-order valence-electron chi connectivity index (χ4n) is 3.07. The van der Waals surface area contributed by atoms with Crippen LogP contribution in [0.4, 0.5) is 5.69 Å². The second kappa shape index (κ2) is 6.91. The Morgan fingerprint density at radius 2 is 2.29 bits per heavy atom. The Labute approximate surface area is 126 Å². The van der Waals surface area contributed by atoms with E-state index in [2.05, 4.69) is 23.9 Å². The first-order valence-corrected chi connectivity index (χ1v) is 7.34. The van der Waals surface area contributed by atoms with Crippen LogP contribution in [-0.2, 0) is 11.3 Å². The lowest BCUT2D eigenvalue weighted by Gasteiger charge is -2.22. The van der Waals surface area contributed by atoms with Gasteiger partial charge in [0.1, 0.15) is 0 Å². The molecule has 116 valence electrons. The van der Waals surface area contributed by atoms with Crippen molar-refractivity contribution in [1.82, 2.24) is 9.80 Å². The highest BCUT2D eigenvalue weighted by Crippen LogP contribution is 2.21. The van der Waals surface area contributed by atoms with Crippen molar-refractivity contribution < 1.29 is 9.53 Å². The van der Waals surface area contributed by atoms with E-state index < -0.39 is 0 Å². The molecule has 1 saturated heterocycles. The fourth-order valence-corrected chi connectivity index (χ4v) is 3.07. The SMILES string of the molecule is COC(=O)c1c(N)cccc1CN(C)CC1CCN(C)C1. The van der Waals surface area contributed by atoms with Gasteiger partial charge in [0.05, 0.1) is 12.7 Å². The average molecular weight is 291 g/mol. The Morgan fingerprint density at radius 3 is 2.90 bits per heavy atom. The van der Waals surface area contributed by atoms with E-state index in [0.717, 1.165) is 18.7 Å². The number of hydrogen-bond donors (Lipinski definition) is 1. The Bertz CT molecular complexity index is 504. The molecular weight excluding hydrogens is 266 g/mol. The molecule has 21 heavy (non-hydrogen) atoms. The molecule has 1 fully saturated rings. The topological polar surface area (TPSA) is 58.8 Å². The smallest absolute Gasteiger partial charge is 0.340 e. The minimum absolute atomic E-state index is 0.364. The van der Waals surface area contributed by atoms with Gasteiger partial charge >= 0.3 is 5.97 Å². The monoisotopic (exact) mass is 291 g/mol. The van der Waals surface area contributed by atoms with Crippen LogP contribution < -0.4 is 5.73 Å². The second-order valence-electron chi connectivity index (χ2n) is 5.99. The zero-order valence-electron chi connectivity index (χ0n) is 13.1. The Morgan fingerprint density at radius 1 is 1.52 bits per heavy atom. The predicted molar refractivity (Wildman–Crippen MR) is 84.1 cm³/mol. The van der Waals surface area contributed by atoms with Crippen LogP contribution in [0.5, 0.6) is 0 Å². The van der Waals surface area contributed by atoms with Crippen LogP contribution in [0.2, 0.25) is 0 Å². The Hall–Kier alpha value is -1.59. The van der Waals surface area contributed by atoms with E-state index in [1.807, 2.05) is 12.1 Å². The normalized spacial score (nSPS) is 19.1. The number of methoxy groups -OCH3 is 1. The molecule has 5 heteroatoms. The molecule has 1 aliphatic heterocycles. The summed E-state index contributed by atoms with van der Waals surface area (Å²) in [5.74, 6) is 0.333. The van der Waals surface area contributed by atoms with Crippen LogP contribution in [0.3, 0.4) is 0 Å². The van der Waals surface area contributed by atoms with Gasteiger partial charge in [-0.2, -0.15) is 0 Å². The maximum atomic E-state index is 11.9. The number of likely N-dealkylation sites (tertiary alicyclic amines) is 1. The van der Waals surface area contributed by atoms with E-state index in [1.54, 1.807) is 6.07 Å². The maximum Gasteiger partial charge on any atom is 0.340 e. The number of carbonyl (C=O) groups excluding carboxylic acids is 1. The zero-order chi connectivity index (χ0) is 15.4. The largest absolute Gasteiger partial charge is 0.465 e. The van der Waals surface area contributed by atoms with Gasteiger partial charge in [0, 0.05) is 25.3 Å². The second-order valence-corrected chi connectivity index (χ2v) is 5.99. The Kier molecular flexibility index (Phi) is 5.20. The van der Waals surface area contributed by atoms with Crippen molar-refractivity contribution in [3.8, 4) is 0 Å². The van der Waals surface area contributed by atoms with E-state index in [4.69, 9.17) is 10.5 Å². The number of nitrogens with two attached hydrogens (primary N) is 1. The lowest BCUT2D eigenvalue weighted by molar-refractivity contribution is 0.0599. The highest BCUT2D eigenvalue weighted by atomic mass is 16.5. The van der Waals surface area contributed by atoms with Crippen molar-refractivity contribution in [3.05, 3.63) is 29.3 Å². The third-order valence-corrected chi connectivity index (χ3v) is 4.07. The average Bonchev–Trinajstić information content (AvgIpc) is 2.83. The summed E-state index contributed by atoms with van der Waals surface area (Å²) in [6.45, 7) is 4.05. The van der Waals surface area contributed by atoms with Gasteiger partial charge in [-0.05, 0) is 44.6 Å². The third kappa shape index (κ3) is 3.95. The molecule has 2 rings (SSSR count). The van der Waals surface area contributed by atoms with Gasteiger partial charge in [0.15, 0.2) is 0 Å².